The van der Waals surface area contributed by atoms with E-state index in [2.05, 4.69) is 25.4 Å². The number of hydrogen-bond donors (Lipinski definition) is 2. The molecule has 0 aromatic carbocycles. The zero-order valence-corrected chi connectivity index (χ0v) is 9.57. The zero-order chi connectivity index (χ0) is 10.5. The maximum Gasteiger partial charge on any atom is 0.304 e. The minimum absolute atomic E-state index is 0.0453. The third-order valence-electron chi connectivity index (χ3n) is 1.91. The normalized spacial score (nSPS) is 14.2. The number of carbonyl (C=O) groups is 1. The van der Waals surface area contributed by atoms with Crippen molar-refractivity contribution in [2.24, 2.45) is 0 Å². The van der Waals surface area contributed by atoms with Crippen LogP contribution in [-0.4, -0.2) is 34.7 Å². The van der Waals surface area contributed by atoms with E-state index < -0.39 is 5.97 Å². The van der Waals surface area contributed by atoms with Crippen molar-refractivity contribution in [3.05, 3.63) is 0 Å². The van der Waals surface area contributed by atoms with Gasteiger partial charge in [0.25, 0.3) is 0 Å². The molecule has 0 aromatic heterocycles. The standard InChI is InChI=1S/C9H19NO2S/c1-7(5-8(11)12)10-6-9(2,3)13-4/h7,10H,5-6H2,1-4H3,(H,11,12). The first-order valence-electron chi connectivity index (χ1n) is 4.38. The van der Waals surface area contributed by atoms with Crippen LogP contribution in [0.2, 0.25) is 0 Å². The van der Waals surface area contributed by atoms with Crippen molar-refractivity contribution in [2.75, 3.05) is 12.8 Å². The van der Waals surface area contributed by atoms with Gasteiger partial charge in [-0.2, -0.15) is 11.8 Å². The lowest BCUT2D eigenvalue weighted by Gasteiger charge is -2.24. The van der Waals surface area contributed by atoms with Crippen LogP contribution in [0.3, 0.4) is 0 Å². The highest BCUT2D eigenvalue weighted by atomic mass is 32.2. The van der Waals surface area contributed by atoms with Crippen LogP contribution in [0, 0.1) is 0 Å². The lowest BCUT2D eigenvalue weighted by atomic mass is 10.1. The topological polar surface area (TPSA) is 49.3 Å². The quantitative estimate of drug-likeness (QED) is 0.691. The van der Waals surface area contributed by atoms with E-state index in [-0.39, 0.29) is 17.2 Å². The summed E-state index contributed by atoms with van der Waals surface area (Å²) in [5.74, 6) is -0.748. The summed E-state index contributed by atoms with van der Waals surface area (Å²) in [6.45, 7) is 7.00. The number of nitrogens with one attached hydrogen (secondary N) is 1. The van der Waals surface area contributed by atoms with E-state index in [9.17, 15) is 4.79 Å². The molecule has 0 saturated carbocycles. The molecule has 3 nitrogen and oxygen atoms in total. The summed E-state index contributed by atoms with van der Waals surface area (Å²) in [7, 11) is 0. The first-order valence-corrected chi connectivity index (χ1v) is 5.60. The predicted octanol–water partition coefficient (Wildman–Crippen LogP) is 1.58. The van der Waals surface area contributed by atoms with Gasteiger partial charge in [-0.25, -0.2) is 0 Å². The first kappa shape index (κ1) is 12.8. The lowest BCUT2D eigenvalue weighted by Crippen LogP contribution is -2.38. The molecule has 0 aliphatic rings. The number of hydrogen-bond acceptors (Lipinski definition) is 3. The first-order chi connectivity index (χ1) is 5.87. The van der Waals surface area contributed by atoms with E-state index in [1.54, 1.807) is 11.8 Å². The molecule has 2 N–H and O–H groups in total. The van der Waals surface area contributed by atoms with Crippen LogP contribution in [0.5, 0.6) is 0 Å². The maximum atomic E-state index is 10.4. The van der Waals surface area contributed by atoms with E-state index in [4.69, 9.17) is 5.11 Å². The van der Waals surface area contributed by atoms with Crippen molar-refractivity contribution in [3.8, 4) is 0 Å². The van der Waals surface area contributed by atoms with Crippen molar-refractivity contribution >= 4 is 17.7 Å². The molecule has 0 amide bonds. The SMILES string of the molecule is CSC(C)(C)CNC(C)CC(=O)O. The van der Waals surface area contributed by atoms with Crippen LogP contribution >= 0.6 is 11.8 Å². The van der Waals surface area contributed by atoms with Gasteiger partial charge in [0.1, 0.15) is 0 Å². The molecular formula is C9H19NO2S. The fourth-order valence-electron chi connectivity index (χ4n) is 0.826. The van der Waals surface area contributed by atoms with Gasteiger partial charge in [0.2, 0.25) is 0 Å². The second-order valence-corrected chi connectivity index (χ2v) is 5.36. The van der Waals surface area contributed by atoms with Crippen LogP contribution in [-0.2, 0) is 4.79 Å². The third-order valence-corrected chi connectivity index (χ3v) is 3.16. The molecule has 0 rings (SSSR count). The summed E-state index contributed by atoms with van der Waals surface area (Å²) in [5.41, 5.74) is 0. The van der Waals surface area contributed by atoms with Gasteiger partial charge in [0.05, 0.1) is 6.42 Å². The monoisotopic (exact) mass is 205 g/mol. The van der Waals surface area contributed by atoms with E-state index >= 15 is 0 Å². The molecule has 0 aromatic rings. The molecule has 0 fully saturated rings. The highest BCUT2D eigenvalue weighted by Gasteiger charge is 2.17. The molecule has 13 heavy (non-hydrogen) atoms. The minimum atomic E-state index is -0.748. The van der Waals surface area contributed by atoms with Gasteiger partial charge in [-0.15, -0.1) is 0 Å². The molecule has 0 heterocycles. The summed E-state index contributed by atoms with van der Waals surface area (Å²) < 4.78 is 0.173. The Labute approximate surface area is 84.3 Å². The van der Waals surface area contributed by atoms with E-state index in [1.807, 2.05) is 6.92 Å². The Morgan fingerprint density at radius 1 is 1.62 bits per heavy atom. The number of aliphatic carboxylic acids is 1. The fraction of sp³-hybridized carbons (Fsp3) is 0.889. The lowest BCUT2D eigenvalue weighted by molar-refractivity contribution is -0.137. The molecule has 1 atom stereocenters. The van der Waals surface area contributed by atoms with E-state index in [0.29, 0.717) is 0 Å². The Kier molecular flexibility index (Phi) is 5.40. The van der Waals surface area contributed by atoms with Crippen molar-refractivity contribution in [2.45, 2.75) is 38.0 Å². The fourth-order valence-corrected chi connectivity index (χ4v) is 1.05. The van der Waals surface area contributed by atoms with Crippen molar-refractivity contribution in [3.63, 3.8) is 0 Å². The van der Waals surface area contributed by atoms with E-state index in [1.165, 1.54) is 0 Å². The Morgan fingerprint density at radius 3 is 2.54 bits per heavy atom. The Balaban J connectivity index is 3.69. The highest BCUT2D eigenvalue weighted by Crippen LogP contribution is 2.19. The predicted molar refractivity (Wildman–Crippen MR) is 57.3 cm³/mol. The summed E-state index contributed by atoms with van der Waals surface area (Å²) in [5, 5.41) is 11.7. The van der Waals surface area contributed by atoms with Crippen LogP contribution in [0.1, 0.15) is 27.2 Å². The molecule has 0 bridgehead atoms. The molecule has 0 aliphatic carbocycles. The Hall–Kier alpha value is -0.220. The maximum absolute atomic E-state index is 10.4. The average molecular weight is 205 g/mol. The second-order valence-electron chi connectivity index (χ2n) is 3.84. The number of rotatable bonds is 6. The van der Waals surface area contributed by atoms with Gasteiger partial charge in [0, 0.05) is 17.3 Å². The largest absolute Gasteiger partial charge is 0.481 e. The minimum Gasteiger partial charge on any atom is -0.481 e. The summed E-state index contributed by atoms with van der Waals surface area (Å²) in [6, 6.07) is 0.0453. The van der Waals surface area contributed by atoms with Crippen LogP contribution in [0.4, 0.5) is 0 Å². The molecule has 0 saturated heterocycles. The van der Waals surface area contributed by atoms with Gasteiger partial charge in [-0.05, 0) is 27.0 Å². The van der Waals surface area contributed by atoms with Crippen LogP contribution in [0.25, 0.3) is 0 Å². The second kappa shape index (κ2) is 5.50. The molecular weight excluding hydrogens is 186 g/mol. The van der Waals surface area contributed by atoms with Gasteiger partial charge < -0.3 is 10.4 Å². The third kappa shape index (κ3) is 6.90. The molecule has 78 valence electrons. The summed E-state index contributed by atoms with van der Waals surface area (Å²) in [4.78, 5) is 10.4. The number of carboxylic acids is 1. The Bertz CT molecular complexity index is 171. The molecule has 0 radical (unpaired) electrons. The van der Waals surface area contributed by atoms with E-state index in [0.717, 1.165) is 6.54 Å². The van der Waals surface area contributed by atoms with Crippen molar-refractivity contribution in [1.82, 2.24) is 5.32 Å². The molecule has 4 heteroatoms. The molecule has 0 spiro atoms. The molecule has 1 unspecified atom stereocenters. The highest BCUT2D eigenvalue weighted by molar-refractivity contribution is 7.99. The van der Waals surface area contributed by atoms with Crippen molar-refractivity contribution in [1.29, 1.82) is 0 Å². The average Bonchev–Trinajstić information content (AvgIpc) is 2.00. The van der Waals surface area contributed by atoms with Gasteiger partial charge in [-0.3, -0.25) is 4.79 Å². The zero-order valence-electron chi connectivity index (χ0n) is 8.76. The number of thioether (sulfide) groups is 1. The van der Waals surface area contributed by atoms with Gasteiger partial charge in [0.15, 0.2) is 0 Å². The van der Waals surface area contributed by atoms with Gasteiger partial charge in [-0.1, -0.05) is 0 Å². The smallest absolute Gasteiger partial charge is 0.304 e. The summed E-state index contributed by atoms with van der Waals surface area (Å²) >= 11 is 1.78. The van der Waals surface area contributed by atoms with Gasteiger partial charge >= 0.3 is 5.97 Å². The molecule has 0 aliphatic heterocycles. The van der Waals surface area contributed by atoms with Crippen LogP contribution in [0.15, 0.2) is 0 Å². The number of carboxylic acid groups (broad SMARTS) is 1. The summed E-state index contributed by atoms with van der Waals surface area (Å²) in [6.07, 6.45) is 2.24. The van der Waals surface area contributed by atoms with Crippen LogP contribution < -0.4 is 5.32 Å². The Morgan fingerprint density at radius 2 is 2.15 bits per heavy atom. The van der Waals surface area contributed by atoms with Crippen molar-refractivity contribution < 1.29 is 9.90 Å².